The van der Waals surface area contributed by atoms with Gasteiger partial charge in [-0.05, 0) is 24.7 Å². The fourth-order valence-electron chi connectivity index (χ4n) is 6.03. The highest BCUT2D eigenvalue weighted by atomic mass is 16.2. The van der Waals surface area contributed by atoms with Crippen LogP contribution in [0.4, 0.5) is 0 Å². The van der Waals surface area contributed by atoms with Gasteiger partial charge in [-0.1, -0.05) is 6.42 Å². The highest BCUT2D eigenvalue weighted by Gasteiger charge is 2.44. The summed E-state index contributed by atoms with van der Waals surface area (Å²) in [5.74, 6) is 1.56. The quantitative estimate of drug-likeness (QED) is 0.406. The van der Waals surface area contributed by atoms with Crippen LogP contribution in [0.1, 0.15) is 19.3 Å². The molecule has 9 nitrogen and oxygen atoms in total. The first-order valence-electron chi connectivity index (χ1n) is 10.9. The minimum atomic E-state index is -0.170. The molecule has 4 N–H and O–H groups in total. The predicted molar refractivity (Wildman–Crippen MR) is 104 cm³/mol. The number of piperazine rings is 3. The van der Waals surface area contributed by atoms with Gasteiger partial charge in [0.05, 0.1) is 12.7 Å². The first-order chi connectivity index (χ1) is 13.7. The van der Waals surface area contributed by atoms with E-state index in [1.165, 1.54) is 19.3 Å². The van der Waals surface area contributed by atoms with E-state index in [9.17, 15) is 10.1 Å². The highest BCUT2D eigenvalue weighted by Crippen LogP contribution is 2.34. The third kappa shape index (κ3) is 3.27. The molecule has 9 heteroatoms. The fraction of sp³-hybridized carbons (Fsp3) is 0.895. The molecule has 1 amide bonds. The lowest BCUT2D eigenvalue weighted by molar-refractivity contribution is -0.148. The van der Waals surface area contributed by atoms with Crippen molar-refractivity contribution in [3.63, 3.8) is 0 Å². The van der Waals surface area contributed by atoms with Gasteiger partial charge in [0.2, 0.25) is 5.91 Å². The molecule has 0 spiro atoms. The zero-order valence-corrected chi connectivity index (χ0v) is 16.4. The molecule has 5 rings (SSSR count). The minimum absolute atomic E-state index is 0.0579. The van der Waals surface area contributed by atoms with Gasteiger partial charge in [-0.3, -0.25) is 25.9 Å². The summed E-state index contributed by atoms with van der Waals surface area (Å²) in [6, 6.07) is 0.921. The number of hydrazine groups is 1. The largest absolute Gasteiger partial charge is 0.323 e. The average molecular weight is 389 g/mol. The van der Waals surface area contributed by atoms with E-state index in [4.69, 9.17) is 0 Å². The zero-order valence-electron chi connectivity index (χ0n) is 16.4. The number of hydrogen-bond acceptors (Lipinski definition) is 8. The van der Waals surface area contributed by atoms with Gasteiger partial charge in [0, 0.05) is 57.9 Å². The molecule has 5 fully saturated rings. The maximum atomic E-state index is 13.1. The van der Waals surface area contributed by atoms with E-state index >= 15 is 0 Å². The molecule has 4 heterocycles. The van der Waals surface area contributed by atoms with E-state index < -0.39 is 0 Å². The van der Waals surface area contributed by atoms with Crippen LogP contribution >= 0.6 is 0 Å². The highest BCUT2D eigenvalue weighted by molar-refractivity contribution is 5.83. The van der Waals surface area contributed by atoms with Crippen molar-refractivity contribution in [1.29, 1.82) is 5.26 Å². The Morgan fingerprint density at radius 3 is 2.68 bits per heavy atom. The third-order valence-electron chi connectivity index (χ3n) is 7.61. The summed E-state index contributed by atoms with van der Waals surface area (Å²) in [7, 11) is 0. The van der Waals surface area contributed by atoms with Crippen LogP contribution in [0.15, 0.2) is 0 Å². The maximum Gasteiger partial charge on any atom is 0.243 e. The van der Waals surface area contributed by atoms with E-state index in [0.29, 0.717) is 30.5 Å². The molecule has 154 valence electrons. The Bertz CT molecular complexity index is 630. The Labute approximate surface area is 166 Å². The lowest BCUT2D eigenvalue weighted by atomic mass is 9.73. The number of carbonyl (C=O) groups excluding carboxylic acids is 1. The molecule has 1 saturated carbocycles. The molecule has 0 bridgehead atoms. The van der Waals surface area contributed by atoms with Gasteiger partial charge in [0.25, 0.3) is 0 Å². The Balaban J connectivity index is 1.19. The molecule has 4 saturated heterocycles. The van der Waals surface area contributed by atoms with E-state index in [2.05, 4.69) is 32.6 Å². The van der Waals surface area contributed by atoms with Crippen LogP contribution in [-0.4, -0.2) is 97.3 Å². The Hall–Kier alpha value is -1.44. The Morgan fingerprint density at radius 1 is 0.964 bits per heavy atom. The number of carbonyl (C=O) groups is 1. The lowest BCUT2D eigenvalue weighted by Gasteiger charge is -2.49. The van der Waals surface area contributed by atoms with E-state index in [1.54, 1.807) is 4.90 Å². The number of nitriles is 1. The summed E-state index contributed by atoms with van der Waals surface area (Å²) in [5.41, 5.74) is 6.80. The standard InChI is InChI=1S/C19H32N8O/c20-12-25-4-5-26-6-7-27(19(28)17(26)11-25)18-10-21-16(9-22-18)13-2-1-3-15-14(13)8-23-24-15/h13-18,21-24H,1-11H2/t13?,14?,15?,16?,17-,18?/m1/s1. The number of nitrogens with zero attached hydrogens (tertiary/aromatic N) is 4. The minimum Gasteiger partial charge on any atom is -0.323 e. The first-order valence-corrected chi connectivity index (χ1v) is 10.9. The molecular formula is C19H32N8O. The summed E-state index contributed by atoms with van der Waals surface area (Å²) >= 11 is 0. The van der Waals surface area contributed by atoms with Gasteiger partial charge in [-0.15, -0.1) is 0 Å². The Kier molecular flexibility index (Phi) is 5.15. The average Bonchev–Trinajstić information content (AvgIpc) is 3.23. The second kappa shape index (κ2) is 7.76. The van der Waals surface area contributed by atoms with Gasteiger partial charge in [0.1, 0.15) is 6.04 Å². The summed E-state index contributed by atoms with van der Waals surface area (Å²) in [6.45, 7) is 6.53. The first kappa shape index (κ1) is 18.6. The van der Waals surface area contributed by atoms with Crippen LogP contribution in [0.3, 0.4) is 0 Å². The van der Waals surface area contributed by atoms with Crippen LogP contribution in [0.5, 0.6) is 0 Å². The van der Waals surface area contributed by atoms with Gasteiger partial charge in [-0.25, -0.2) is 0 Å². The van der Waals surface area contributed by atoms with Crippen molar-refractivity contribution < 1.29 is 4.79 Å². The van der Waals surface area contributed by atoms with Crippen molar-refractivity contribution in [1.82, 2.24) is 36.2 Å². The molecule has 5 unspecified atom stereocenters. The van der Waals surface area contributed by atoms with Crippen LogP contribution in [-0.2, 0) is 4.79 Å². The number of hydrogen-bond donors (Lipinski definition) is 4. The lowest BCUT2D eigenvalue weighted by Crippen LogP contribution is -2.71. The maximum absolute atomic E-state index is 13.1. The molecule has 0 aromatic rings. The molecule has 5 aliphatic rings. The smallest absolute Gasteiger partial charge is 0.243 e. The molecule has 6 atom stereocenters. The van der Waals surface area contributed by atoms with Crippen LogP contribution < -0.4 is 21.5 Å². The van der Waals surface area contributed by atoms with E-state index in [0.717, 1.165) is 45.8 Å². The molecule has 0 aromatic carbocycles. The second-order valence-corrected chi connectivity index (χ2v) is 8.96. The van der Waals surface area contributed by atoms with Crippen LogP contribution in [0, 0.1) is 23.3 Å². The number of rotatable bonds is 2. The van der Waals surface area contributed by atoms with Gasteiger partial charge < -0.3 is 15.1 Å². The molecule has 28 heavy (non-hydrogen) atoms. The van der Waals surface area contributed by atoms with Crippen molar-refractivity contribution in [2.24, 2.45) is 11.8 Å². The van der Waals surface area contributed by atoms with Gasteiger partial charge in [0.15, 0.2) is 6.19 Å². The number of nitrogens with one attached hydrogen (secondary N) is 4. The summed E-state index contributed by atoms with van der Waals surface area (Å²) < 4.78 is 0. The van der Waals surface area contributed by atoms with Crippen molar-refractivity contribution in [3.05, 3.63) is 0 Å². The van der Waals surface area contributed by atoms with E-state index in [1.807, 2.05) is 4.90 Å². The Morgan fingerprint density at radius 2 is 1.86 bits per heavy atom. The van der Waals surface area contributed by atoms with Crippen molar-refractivity contribution in [3.8, 4) is 6.19 Å². The molecule has 1 aliphatic carbocycles. The van der Waals surface area contributed by atoms with Gasteiger partial charge in [-0.2, -0.15) is 5.26 Å². The summed E-state index contributed by atoms with van der Waals surface area (Å²) in [6.07, 6.45) is 6.12. The molecule has 0 radical (unpaired) electrons. The third-order valence-corrected chi connectivity index (χ3v) is 7.61. The fourth-order valence-corrected chi connectivity index (χ4v) is 6.03. The van der Waals surface area contributed by atoms with Crippen LogP contribution in [0.2, 0.25) is 0 Å². The molecule has 4 aliphatic heterocycles. The van der Waals surface area contributed by atoms with Crippen molar-refractivity contribution in [2.75, 3.05) is 52.4 Å². The predicted octanol–water partition coefficient (Wildman–Crippen LogP) is -1.92. The van der Waals surface area contributed by atoms with Gasteiger partial charge >= 0.3 is 0 Å². The second-order valence-electron chi connectivity index (χ2n) is 8.96. The van der Waals surface area contributed by atoms with Crippen LogP contribution in [0.25, 0.3) is 0 Å². The van der Waals surface area contributed by atoms with Crippen molar-refractivity contribution in [2.45, 2.75) is 43.6 Å². The SMILES string of the molecule is N#CN1CCN2CCN(C3CNC(C4CCCC5NNCC54)CN3)C(=O)[C@H]2C1. The normalized spacial score (nSPS) is 42.0. The number of amides is 1. The van der Waals surface area contributed by atoms with Crippen molar-refractivity contribution >= 4 is 5.91 Å². The topological polar surface area (TPSA) is 98.7 Å². The zero-order chi connectivity index (χ0) is 19.1. The summed E-state index contributed by atoms with van der Waals surface area (Å²) in [5, 5.41) is 16.6. The molecule has 0 aromatic heterocycles. The van der Waals surface area contributed by atoms with E-state index in [-0.39, 0.29) is 18.1 Å². The number of fused-ring (bicyclic) bond motifs is 2. The summed E-state index contributed by atoms with van der Waals surface area (Å²) in [4.78, 5) is 19.1. The monoisotopic (exact) mass is 388 g/mol. The molecular weight excluding hydrogens is 356 g/mol.